The quantitative estimate of drug-likeness (QED) is 0.545. The van der Waals surface area contributed by atoms with E-state index in [-0.39, 0.29) is 11.3 Å². The summed E-state index contributed by atoms with van der Waals surface area (Å²) in [5, 5.41) is 0. The molecule has 0 aliphatic heterocycles. The maximum absolute atomic E-state index is 12.0. The van der Waals surface area contributed by atoms with Crippen molar-refractivity contribution in [2.75, 3.05) is 6.61 Å². The lowest BCUT2D eigenvalue weighted by Crippen LogP contribution is -2.17. The molecule has 1 aromatic heterocycles. The van der Waals surface area contributed by atoms with Crippen LogP contribution < -0.4 is 14.2 Å². The zero-order valence-corrected chi connectivity index (χ0v) is 13.4. The molecule has 0 bridgehead atoms. The van der Waals surface area contributed by atoms with Gasteiger partial charge in [0.15, 0.2) is 0 Å². The Hall–Kier alpha value is -2.77. The van der Waals surface area contributed by atoms with E-state index in [2.05, 4.69) is 16.6 Å². The van der Waals surface area contributed by atoms with E-state index in [1.807, 2.05) is 0 Å². The van der Waals surface area contributed by atoms with E-state index in [4.69, 9.17) is 9.47 Å². The average molecular weight is 355 g/mol. The topological polar surface area (TPSA) is 57.7 Å². The van der Waals surface area contributed by atoms with Crippen LogP contribution in [0.25, 0.3) is 0 Å². The van der Waals surface area contributed by atoms with Gasteiger partial charge in [-0.15, -0.1) is 13.2 Å². The van der Waals surface area contributed by atoms with Gasteiger partial charge < -0.3 is 14.2 Å². The van der Waals surface area contributed by atoms with Crippen LogP contribution in [0.2, 0.25) is 0 Å². The molecule has 0 saturated heterocycles. The van der Waals surface area contributed by atoms with Gasteiger partial charge in [0.1, 0.15) is 11.5 Å². The highest BCUT2D eigenvalue weighted by Crippen LogP contribution is 2.22. The van der Waals surface area contributed by atoms with Crippen molar-refractivity contribution in [2.45, 2.75) is 26.1 Å². The zero-order valence-electron chi connectivity index (χ0n) is 13.4. The molecule has 0 unspecified atom stereocenters. The summed E-state index contributed by atoms with van der Waals surface area (Å²) in [6.07, 6.45) is -1.90. The van der Waals surface area contributed by atoms with Gasteiger partial charge in [-0.2, -0.15) is 0 Å². The van der Waals surface area contributed by atoms with Crippen LogP contribution in [0, 0.1) is 0 Å². The number of esters is 1. The second-order valence-electron chi connectivity index (χ2n) is 5.00. The van der Waals surface area contributed by atoms with Crippen LogP contribution in [0.1, 0.15) is 30.1 Å². The summed E-state index contributed by atoms with van der Waals surface area (Å²) in [5.74, 6) is -0.657. The molecule has 0 saturated carbocycles. The number of aromatic nitrogens is 1. The predicted octanol–water partition coefficient (Wildman–Crippen LogP) is 4.38. The van der Waals surface area contributed by atoms with E-state index in [9.17, 15) is 18.0 Å². The molecule has 0 spiro atoms. The maximum Gasteiger partial charge on any atom is 0.574 e. The molecule has 1 heterocycles. The summed E-state index contributed by atoms with van der Waals surface area (Å²) in [4.78, 5) is 15.4. The Labute approximate surface area is 142 Å². The third-order valence-electron chi connectivity index (χ3n) is 3.00. The lowest BCUT2D eigenvalue weighted by atomic mass is 10.2. The number of ether oxygens (including phenoxy) is 3. The molecule has 0 atom stereocenters. The Morgan fingerprint density at radius 3 is 2.32 bits per heavy atom. The standard InChI is InChI=1S/C17H16F3NO4/c1-2-3-10-23-13-6-4-12(5-7-13)16(22)24-14-8-9-15(21-11-14)25-17(18,19)20/h4-9,11H,2-3,10H2,1H3. The van der Waals surface area contributed by atoms with Gasteiger partial charge in [0.25, 0.3) is 0 Å². The predicted molar refractivity (Wildman–Crippen MR) is 82.7 cm³/mol. The van der Waals surface area contributed by atoms with Gasteiger partial charge in [-0.25, -0.2) is 9.78 Å². The normalized spacial score (nSPS) is 11.0. The van der Waals surface area contributed by atoms with E-state index in [0.717, 1.165) is 31.2 Å². The average Bonchev–Trinajstić information content (AvgIpc) is 2.56. The van der Waals surface area contributed by atoms with Crippen LogP contribution in [0.15, 0.2) is 42.6 Å². The SMILES string of the molecule is CCCCOc1ccc(C(=O)Oc2ccc(OC(F)(F)F)nc2)cc1. The van der Waals surface area contributed by atoms with Crippen molar-refractivity contribution in [3.05, 3.63) is 48.2 Å². The number of benzene rings is 1. The number of halogens is 3. The van der Waals surface area contributed by atoms with Crippen molar-refractivity contribution in [1.29, 1.82) is 0 Å². The molecule has 0 radical (unpaired) electrons. The van der Waals surface area contributed by atoms with E-state index >= 15 is 0 Å². The van der Waals surface area contributed by atoms with Gasteiger partial charge in [-0.05, 0) is 36.8 Å². The Kier molecular flexibility index (Phi) is 6.21. The Morgan fingerprint density at radius 1 is 1.08 bits per heavy atom. The van der Waals surface area contributed by atoms with E-state index in [1.165, 1.54) is 12.1 Å². The van der Waals surface area contributed by atoms with Crippen LogP contribution in [0.4, 0.5) is 13.2 Å². The van der Waals surface area contributed by atoms with Crippen LogP contribution in [0.5, 0.6) is 17.4 Å². The number of nitrogens with zero attached hydrogens (tertiary/aromatic N) is 1. The first-order valence-electron chi connectivity index (χ1n) is 7.54. The molecule has 2 rings (SSSR count). The highest BCUT2D eigenvalue weighted by molar-refractivity contribution is 5.91. The largest absolute Gasteiger partial charge is 0.574 e. The van der Waals surface area contributed by atoms with Crippen molar-refractivity contribution >= 4 is 5.97 Å². The summed E-state index contributed by atoms with van der Waals surface area (Å²) < 4.78 is 50.3. The van der Waals surface area contributed by atoms with Crippen molar-refractivity contribution in [3.8, 4) is 17.4 Å². The minimum atomic E-state index is -4.83. The molecular weight excluding hydrogens is 339 g/mol. The fraction of sp³-hybridized carbons (Fsp3) is 0.294. The number of carbonyl (C=O) groups is 1. The molecular formula is C17H16F3NO4. The summed E-state index contributed by atoms with van der Waals surface area (Å²) in [7, 11) is 0. The lowest BCUT2D eigenvalue weighted by Gasteiger charge is -2.09. The maximum atomic E-state index is 12.0. The second-order valence-corrected chi connectivity index (χ2v) is 5.00. The van der Waals surface area contributed by atoms with E-state index in [1.54, 1.807) is 12.1 Å². The highest BCUT2D eigenvalue weighted by Gasteiger charge is 2.31. The number of hydrogen-bond donors (Lipinski definition) is 0. The molecule has 0 amide bonds. The van der Waals surface area contributed by atoms with E-state index in [0.29, 0.717) is 12.4 Å². The van der Waals surface area contributed by atoms with Gasteiger partial charge in [-0.3, -0.25) is 0 Å². The summed E-state index contributed by atoms with van der Waals surface area (Å²) >= 11 is 0. The Morgan fingerprint density at radius 2 is 1.76 bits per heavy atom. The van der Waals surface area contributed by atoms with Gasteiger partial charge in [0.05, 0.1) is 18.4 Å². The van der Waals surface area contributed by atoms with Gasteiger partial charge in [-0.1, -0.05) is 13.3 Å². The van der Waals surface area contributed by atoms with Gasteiger partial charge in [0, 0.05) is 6.07 Å². The molecule has 2 aromatic rings. The minimum absolute atomic E-state index is 0.00259. The zero-order chi connectivity index (χ0) is 18.3. The third-order valence-corrected chi connectivity index (χ3v) is 3.00. The fourth-order valence-electron chi connectivity index (χ4n) is 1.79. The van der Waals surface area contributed by atoms with Gasteiger partial charge >= 0.3 is 12.3 Å². The van der Waals surface area contributed by atoms with Crippen molar-refractivity contribution < 1.29 is 32.2 Å². The monoisotopic (exact) mass is 355 g/mol. The first-order chi connectivity index (χ1) is 11.9. The first-order valence-corrected chi connectivity index (χ1v) is 7.54. The van der Waals surface area contributed by atoms with Crippen molar-refractivity contribution in [3.63, 3.8) is 0 Å². The van der Waals surface area contributed by atoms with Crippen molar-refractivity contribution in [2.24, 2.45) is 0 Å². The molecule has 0 aliphatic rings. The number of rotatable bonds is 7. The van der Waals surface area contributed by atoms with E-state index < -0.39 is 18.2 Å². The van der Waals surface area contributed by atoms with Crippen molar-refractivity contribution in [1.82, 2.24) is 4.98 Å². The minimum Gasteiger partial charge on any atom is -0.494 e. The lowest BCUT2D eigenvalue weighted by molar-refractivity contribution is -0.276. The fourth-order valence-corrected chi connectivity index (χ4v) is 1.79. The molecule has 1 aromatic carbocycles. The molecule has 0 fully saturated rings. The molecule has 0 N–H and O–H groups in total. The number of carbonyl (C=O) groups excluding carboxylic acids is 1. The molecule has 134 valence electrons. The van der Waals surface area contributed by atoms with Gasteiger partial charge in [0.2, 0.25) is 5.88 Å². The number of unbranched alkanes of at least 4 members (excludes halogenated alkanes) is 1. The van der Waals surface area contributed by atoms with Crippen LogP contribution in [-0.2, 0) is 0 Å². The second kappa shape index (κ2) is 8.36. The third kappa shape index (κ3) is 6.33. The summed E-state index contributed by atoms with van der Waals surface area (Å²) in [5.41, 5.74) is 0.276. The molecule has 25 heavy (non-hydrogen) atoms. The molecule has 5 nitrogen and oxygen atoms in total. The number of pyridine rings is 1. The van der Waals surface area contributed by atoms with Crippen LogP contribution in [0.3, 0.4) is 0 Å². The smallest absolute Gasteiger partial charge is 0.494 e. The Balaban J connectivity index is 1.92. The highest BCUT2D eigenvalue weighted by atomic mass is 19.4. The first kappa shape index (κ1) is 18.6. The molecule has 0 aliphatic carbocycles. The summed E-state index contributed by atoms with van der Waals surface area (Å²) in [6.45, 7) is 2.65. The number of hydrogen-bond acceptors (Lipinski definition) is 5. The summed E-state index contributed by atoms with van der Waals surface area (Å²) in [6, 6.07) is 8.49. The molecule has 8 heteroatoms. The Bertz CT molecular complexity index is 685. The number of alkyl halides is 3. The van der Waals surface area contributed by atoms with Crippen LogP contribution >= 0.6 is 0 Å². The van der Waals surface area contributed by atoms with Crippen LogP contribution in [-0.4, -0.2) is 23.9 Å².